The number of nitrogens with one attached hydrogen (secondary N) is 1. The van der Waals surface area contributed by atoms with E-state index in [-0.39, 0.29) is 26.5 Å². The number of thiol groups is 1. The average molecular weight is 504 g/mol. The molecule has 2 aromatic rings. The van der Waals surface area contributed by atoms with Crippen LogP contribution in [0.2, 0.25) is 10.0 Å². The minimum absolute atomic E-state index is 0.0219. The monoisotopic (exact) mass is 503 g/mol. The predicted molar refractivity (Wildman–Crippen MR) is 124 cm³/mol. The molecule has 166 valence electrons. The number of rotatable bonds is 8. The van der Waals surface area contributed by atoms with Crippen LogP contribution in [0.1, 0.15) is 24.8 Å². The second-order valence-electron chi connectivity index (χ2n) is 6.93. The zero-order chi connectivity index (χ0) is 22.6. The van der Waals surface area contributed by atoms with Crippen molar-refractivity contribution < 1.29 is 27.0 Å². The summed E-state index contributed by atoms with van der Waals surface area (Å²) in [4.78, 5) is 11.3. The standard InChI is InChI=1S/C20H20Cl2N2O5S2/c1-31(26,27)20-17(8-6-15(21)19(20)22)24(29-30)10-2-3-11-28-14-5-7-16-13(12-14)4-9-18(25)23-16/h5-8,10,12H,2-4,9,11H2,1H3,(H-,23,25,30)/p+1. The van der Waals surface area contributed by atoms with Crippen molar-refractivity contribution >= 4 is 69.4 Å². The molecule has 31 heavy (non-hydrogen) atoms. The Bertz CT molecular complexity index is 1140. The van der Waals surface area contributed by atoms with Gasteiger partial charge in [0.1, 0.15) is 18.7 Å². The van der Waals surface area contributed by atoms with Crippen LogP contribution in [0.3, 0.4) is 0 Å². The van der Waals surface area contributed by atoms with Crippen molar-refractivity contribution in [1.82, 2.24) is 0 Å². The summed E-state index contributed by atoms with van der Waals surface area (Å²) in [6.45, 7) is 0.433. The first-order valence-electron chi connectivity index (χ1n) is 9.38. The second-order valence-corrected chi connectivity index (χ2v) is 9.83. The predicted octanol–water partition coefficient (Wildman–Crippen LogP) is 4.63. The number of hydrogen-bond donors (Lipinski definition) is 2. The van der Waals surface area contributed by atoms with Gasteiger partial charge in [-0.1, -0.05) is 23.2 Å². The van der Waals surface area contributed by atoms with Crippen molar-refractivity contribution in [3.63, 3.8) is 0 Å². The zero-order valence-corrected chi connectivity index (χ0v) is 19.8. The molecule has 0 radical (unpaired) electrons. The molecule has 0 atom stereocenters. The highest BCUT2D eigenvalue weighted by Crippen LogP contribution is 2.36. The number of hydrogen-bond acceptors (Lipinski definition) is 6. The highest BCUT2D eigenvalue weighted by molar-refractivity contribution is 7.91. The summed E-state index contributed by atoms with van der Waals surface area (Å²) in [6.07, 6.45) is 5.00. The SMILES string of the molecule is CS(=O)(=O)c1c([N+](=CCCCOc2ccc3c(c2)CCC(=O)N3)OS)ccc(Cl)c1Cl. The molecule has 7 nitrogen and oxygen atoms in total. The number of anilines is 1. The Labute approximate surface area is 196 Å². The van der Waals surface area contributed by atoms with Crippen LogP contribution in [0.15, 0.2) is 35.2 Å². The molecule has 1 heterocycles. The number of benzene rings is 2. The first-order chi connectivity index (χ1) is 14.7. The van der Waals surface area contributed by atoms with Gasteiger partial charge < -0.3 is 10.1 Å². The van der Waals surface area contributed by atoms with Crippen LogP contribution in [0.4, 0.5) is 11.4 Å². The molecule has 1 aliphatic rings. The van der Waals surface area contributed by atoms with E-state index in [1.807, 2.05) is 18.2 Å². The maximum atomic E-state index is 12.2. The van der Waals surface area contributed by atoms with Gasteiger partial charge in [0.25, 0.3) is 5.69 Å². The molecular formula is C20H21Cl2N2O5S2+. The molecule has 0 saturated heterocycles. The topological polar surface area (TPSA) is 84.7 Å². The quantitative estimate of drug-likeness (QED) is 0.137. The lowest BCUT2D eigenvalue weighted by Gasteiger charge is -2.17. The maximum absolute atomic E-state index is 12.2. The molecule has 0 saturated carbocycles. The molecule has 1 aliphatic heterocycles. The van der Waals surface area contributed by atoms with Crippen molar-refractivity contribution in [1.29, 1.82) is 0 Å². The Hall–Kier alpha value is -1.94. The molecule has 0 bridgehead atoms. The molecule has 0 aliphatic carbocycles. The largest absolute Gasteiger partial charge is 0.494 e. The second kappa shape index (κ2) is 10.1. The van der Waals surface area contributed by atoms with Crippen LogP contribution in [0, 0.1) is 0 Å². The summed E-state index contributed by atoms with van der Waals surface area (Å²) in [5, 5.41) is 2.89. The molecule has 0 fully saturated rings. The van der Waals surface area contributed by atoms with Gasteiger partial charge in [0.15, 0.2) is 14.7 Å². The fourth-order valence-electron chi connectivity index (χ4n) is 3.16. The van der Waals surface area contributed by atoms with E-state index in [9.17, 15) is 13.2 Å². The van der Waals surface area contributed by atoms with Crippen molar-refractivity contribution in [2.45, 2.75) is 30.6 Å². The van der Waals surface area contributed by atoms with Gasteiger partial charge in [0.2, 0.25) is 12.1 Å². The fourth-order valence-corrected chi connectivity index (χ4v) is 5.08. The third-order valence-electron chi connectivity index (χ3n) is 4.61. The van der Waals surface area contributed by atoms with Crippen LogP contribution < -0.4 is 10.1 Å². The average Bonchev–Trinajstić information content (AvgIpc) is 2.72. The highest BCUT2D eigenvalue weighted by atomic mass is 35.5. The lowest BCUT2D eigenvalue weighted by molar-refractivity contribution is -0.674. The fraction of sp³-hybridized carbons (Fsp3) is 0.300. The Morgan fingerprint density at radius 2 is 2.00 bits per heavy atom. The molecule has 3 rings (SSSR count). The lowest BCUT2D eigenvalue weighted by Crippen LogP contribution is -2.18. The molecule has 0 spiro atoms. The Morgan fingerprint density at radius 3 is 2.71 bits per heavy atom. The molecular weight excluding hydrogens is 483 g/mol. The summed E-state index contributed by atoms with van der Waals surface area (Å²) in [5.41, 5.74) is 2.08. The van der Waals surface area contributed by atoms with Gasteiger partial charge >= 0.3 is 0 Å². The van der Waals surface area contributed by atoms with Crippen molar-refractivity contribution in [2.75, 3.05) is 18.2 Å². The number of halogens is 2. The van der Waals surface area contributed by atoms with Crippen LogP contribution in [0.5, 0.6) is 5.75 Å². The number of aryl methyl sites for hydroxylation is 1. The van der Waals surface area contributed by atoms with Gasteiger partial charge in [-0.25, -0.2) is 8.42 Å². The molecule has 11 heteroatoms. The number of unbranched alkanes of at least 4 members (excludes halogenated alkanes) is 1. The van der Waals surface area contributed by atoms with E-state index in [1.165, 1.54) is 16.9 Å². The van der Waals surface area contributed by atoms with Crippen LogP contribution in [-0.2, 0) is 25.3 Å². The number of amides is 1. The first-order valence-corrected chi connectivity index (χ1v) is 12.4. The van der Waals surface area contributed by atoms with Crippen LogP contribution >= 0.6 is 36.1 Å². The van der Waals surface area contributed by atoms with E-state index in [2.05, 4.69) is 18.2 Å². The van der Waals surface area contributed by atoms with E-state index < -0.39 is 9.84 Å². The van der Waals surface area contributed by atoms with E-state index in [4.69, 9.17) is 32.2 Å². The van der Waals surface area contributed by atoms with E-state index >= 15 is 0 Å². The molecule has 1 N–H and O–H groups in total. The summed E-state index contributed by atoms with van der Waals surface area (Å²) in [5.74, 6) is 0.745. The number of carbonyl (C=O) groups excluding carboxylic acids is 1. The van der Waals surface area contributed by atoms with E-state index in [0.717, 1.165) is 23.3 Å². The van der Waals surface area contributed by atoms with Gasteiger partial charge in [-0.15, -0.1) is 0 Å². The van der Waals surface area contributed by atoms with E-state index in [1.54, 1.807) is 6.21 Å². The number of ether oxygens (including phenoxy) is 1. The molecule has 1 amide bonds. The Balaban J connectivity index is 1.64. The number of fused-ring (bicyclic) bond motifs is 1. The van der Waals surface area contributed by atoms with Crippen molar-refractivity contribution in [3.05, 3.63) is 45.9 Å². The van der Waals surface area contributed by atoms with Crippen molar-refractivity contribution in [2.24, 2.45) is 0 Å². The third kappa shape index (κ3) is 5.85. The van der Waals surface area contributed by atoms with Gasteiger partial charge in [-0.2, -0.15) is 4.28 Å². The van der Waals surface area contributed by atoms with Crippen LogP contribution in [0.25, 0.3) is 0 Å². The maximum Gasteiger partial charge on any atom is 0.278 e. The number of sulfone groups is 1. The highest BCUT2D eigenvalue weighted by Gasteiger charge is 2.28. The summed E-state index contributed by atoms with van der Waals surface area (Å²) in [7, 11) is -3.67. The Morgan fingerprint density at radius 1 is 1.23 bits per heavy atom. The summed E-state index contributed by atoms with van der Waals surface area (Å²) in [6, 6.07) is 8.56. The number of carbonyl (C=O) groups is 1. The van der Waals surface area contributed by atoms with E-state index in [0.29, 0.717) is 32.3 Å². The van der Waals surface area contributed by atoms with Gasteiger partial charge in [-0.3, -0.25) is 4.79 Å². The summed E-state index contributed by atoms with van der Waals surface area (Å²) >= 11 is 15.9. The number of nitrogens with zero attached hydrogens (tertiary/aromatic N) is 1. The minimum Gasteiger partial charge on any atom is -0.494 e. The zero-order valence-electron chi connectivity index (χ0n) is 16.6. The smallest absolute Gasteiger partial charge is 0.278 e. The van der Waals surface area contributed by atoms with Crippen LogP contribution in [-0.4, -0.2) is 38.1 Å². The van der Waals surface area contributed by atoms with Crippen molar-refractivity contribution in [3.8, 4) is 5.75 Å². The van der Waals surface area contributed by atoms with Gasteiger partial charge in [0.05, 0.1) is 16.7 Å². The normalized spacial score (nSPS) is 14.1. The molecule has 2 aromatic carbocycles. The van der Waals surface area contributed by atoms with Gasteiger partial charge in [0, 0.05) is 35.6 Å². The van der Waals surface area contributed by atoms with Gasteiger partial charge in [-0.05, 0) is 42.7 Å². The Kier molecular flexibility index (Phi) is 7.74. The third-order valence-corrected chi connectivity index (χ3v) is 6.86. The summed E-state index contributed by atoms with van der Waals surface area (Å²) < 4.78 is 36.4. The lowest BCUT2D eigenvalue weighted by atomic mass is 10.0. The first kappa shape index (κ1) is 23.7. The molecule has 0 unspecified atom stereocenters. The molecule has 0 aromatic heterocycles. The minimum atomic E-state index is -3.67.